The zero-order valence-corrected chi connectivity index (χ0v) is 13.3. The Morgan fingerprint density at radius 1 is 1.29 bits per heavy atom. The van der Waals surface area contributed by atoms with Crippen molar-refractivity contribution in [2.75, 3.05) is 29.1 Å². The number of hydrogen-bond acceptors (Lipinski definition) is 5. The number of carbonyl (C=O) groups is 1. The van der Waals surface area contributed by atoms with Crippen LogP contribution in [0, 0.1) is 0 Å². The summed E-state index contributed by atoms with van der Waals surface area (Å²) in [5.74, 6) is 0.394. The Hall–Kier alpha value is -1.53. The second-order valence-corrected chi connectivity index (χ2v) is 6.99. The van der Waals surface area contributed by atoms with Gasteiger partial charge in [0, 0.05) is 36.0 Å². The number of carbonyl (C=O) groups excluding carboxylic acids is 1. The minimum atomic E-state index is 0.00382. The second-order valence-electron chi connectivity index (χ2n) is 4.88. The summed E-state index contributed by atoms with van der Waals surface area (Å²) in [6.07, 6.45) is 4.29. The molecular weight excluding hydrogens is 302 g/mol. The van der Waals surface area contributed by atoms with E-state index in [9.17, 15) is 4.79 Å². The van der Waals surface area contributed by atoms with Crippen LogP contribution in [0.25, 0.3) is 0 Å². The third-order valence-corrected chi connectivity index (χ3v) is 5.32. The van der Waals surface area contributed by atoms with E-state index >= 15 is 0 Å². The number of thiazole rings is 1. The maximum atomic E-state index is 11.9. The Labute approximate surface area is 132 Å². The lowest BCUT2D eigenvalue weighted by Gasteiger charge is -2.17. The Morgan fingerprint density at radius 3 is 2.71 bits per heavy atom. The molecule has 1 N–H and O–H groups in total. The molecule has 0 aliphatic carbocycles. The number of nitrogens with one attached hydrogen (secondary N) is 1. The number of amides is 1. The zero-order valence-electron chi connectivity index (χ0n) is 11.6. The van der Waals surface area contributed by atoms with E-state index in [2.05, 4.69) is 27.3 Å². The van der Waals surface area contributed by atoms with Gasteiger partial charge in [0.05, 0.1) is 5.75 Å². The summed E-state index contributed by atoms with van der Waals surface area (Å²) in [7, 11) is 0. The van der Waals surface area contributed by atoms with Crippen LogP contribution in [0.15, 0.2) is 40.2 Å². The molecule has 21 heavy (non-hydrogen) atoms. The third-order valence-electron chi connectivity index (χ3n) is 3.36. The van der Waals surface area contributed by atoms with E-state index < -0.39 is 0 Å². The largest absolute Gasteiger partial charge is 0.372 e. The monoisotopic (exact) mass is 319 g/mol. The van der Waals surface area contributed by atoms with E-state index in [1.54, 1.807) is 17.5 Å². The summed E-state index contributed by atoms with van der Waals surface area (Å²) in [5, 5.41) is 4.83. The number of hydrogen-bond donors (Lipinski definition) is 1. The van der Waals surface area contributed by atoms with E-state index in [-0.39, 0.29) is 5.91 Å². The molecule has 2 aromatic rings. The molecule has 3 rings (SSSR count). The summed E-state index contributed by atoms with van der Waals surface area (Å²) >= 11 is 3.02. The van der Waals surface area contributed by atoms with Gasteiger partial charge in [-0.1, -0.05) is 11.8 Å². The molecule has 1 amide bonds. The highest BCUT2D eigenvalue weighted by Crippen LogP contribution is 2.23. The van der Waals surface area contributed by atoms with Crippen molar-refractivity contribution in [3.8, 4) is 0 Å². The molecule has 2 heterocycles. The van der Waals surface area contributed by atoms with Gasteiger partial charge in [-0.15, -0.1) is 11.3 Å². The highest BCUT2D eigenvalue weighted by molar-refractivity contribution is 8.01. The maximum Gasteiger partial charge on any atom is 0.234 e. The molecule has 0 spiro atoms. The molecule has 4 nitrogen and oxygen atoms in total. The number of benzene rings is 1. The van der Waals surface area contributed by atoms with Gasteiger partial charge in [-0.25, -0.2) is 4.98 Å². The predicted molar refractivity (Wildman–Crippen MR) is 89.4 cm³/mol. The average Bonchev–Trinajstić information content (AvgIpc) is 3.19. The highest BCUT2D eigenvalue weighted by Gasteiger charge is 2.12. The fourth-order valence-corrected chi connectivity index (χ4v) is 3.77. The predicted octanol–water partition coefficient (Wildman–Crippen LogP) is 3.47. The van der Waals surface area contributed by atoms with Gasteiger partial charge in [-0.2, -0.15) is 0 Å². The number of nitrogens with zero attached hydrogens (tertiary/aromatic N) is 2. The molecule has 6 heteroatoms. The molecule has 1 aliphatic heterocycles. The number of anilines is 2. The molecule has 110 valence electrons. The van der Waals surface area contributed by atoms with Crippen LogP contribution < -0.4 is 10.2 Å². The first-order valence-electron chi connectivity index (χ1n) is 6.98. The van der Waals surface area contributed by atoms with E-state index in [1.807, 2.05) is 17.5 Å². The van der Waals surface area contributed by atoms with Crippen LogP contribution >= 0.6 is 23.1 Å². The summed E-state index contributed by atoms with van der Waals surface area (Å²) < 4.78 is 0.925. The van der Waals surface area contributed by atoms with Crippen molar-refractivity contribution in [1.29, 1.82) is 0 Å². The van der Waals surface area contributed by atoms with E-state index in [0.29, 0.717) is 5.75 Å². The van der Waals surface area contributed by atoms with Gasteiger partial charge in [0.25, 0.3) is 0 Å². The van der Waals surface area contributed by atoms with Crippen LogP contribution in [-0.2, 0) is 4.79 Å². The normalized spacial score (nSPS) is 14.4. The smallest absolute Gasteiger partial charge is 0.234 e. The Morgan fingerprint density at radius 2 is 2.05 bits per heavy atom. The lowest BCUT2D eigenvalue weighted by Crippen LogP contribution is -2.18. The topological polar surface area (TPSA) is 45.2 Å². The van der Waals surface area contributed by atoms with Crippen molar-refractivity contribution in [3.05, 3.63) is 35.8 Å². The summed E-state index contributed by atoms with van der Waals surface area (Å²) in [4.78, 5) is 18.4. The van der Waals surface area contributed by atoms with Gasteiger partial charge >= 0.3 is 0 Å². The van der Waals surface area contributed by atoms with Crippen molar-refractivity contribution in [2.45, 2.75) is 17.2 Å². The molecule has 1 aromatic heterocycles. The minimum absolute atomic E-state index is 0.00382. The molecule has 0 radical (unpaired) electrons. The van der Waals surface area contributed by atoms with Gasteiger partial charge in [0.15, 0.2) is 0 Å². The molecule has 1 aromatic carbocycles. The first-order valence-corrected chi connectivity index (χ1v) is 8.85. The van der Waals surface area contributed by atoms with Crippen molar-refractivity contribution in [2.24, 2.45) is 0 Å². The molecule has 0 saturated carbocycles. The van der Waals surface area contributed by atoms with Gasteiger partial charge < -0.3 is 10.2 Å². The summed E-state index contributed by atoms with van der Waals surface area (Å²) in [6.45, 7) is 2.27. The zero-order chi connectivity index (χ0) is 14.5. The summed E-state index contributed by atoms with van der Waals surface area (Å²) in [6, 6.07) is 8.10. The number of aromatic nitrogens is 1. The average molecular weight is 319 g/mol. The van der Waals surface area contributed by atoms with Crippen LogP contribution in [0.1, 0.15) is 12.8 Å². The van der Waals surface area contributed by atoms with Gasteiger partial charge in [0.2, 0.25) is 5.91 Å². The summed E-state index contributed by atoms with van der Waals surface area (Å²) in [5.41, 5.74) is 2.09. The molecular formula is C15H17N3OS2. The molecule has 1 saturated heterocycles. The molecule has 0 bridgehead atoms. The van der Waals surface area contributed by atoms with Crippen molar-refractivity contribution >= 4 is 40.4 Å². The standard InChI is InChI=1S/C15H17N3OS2/c19-14(11-21-15-16-7-10-20-15)17-12-3-5-13(6-4-12)18-8-1-2-9-18/h3-7,10H,1-2,8-9,11H2,(H,17,19). The van der Waals surface area contributed by atoms with E-state index in [1.165, 1.54) is 30.3 Å². The van der Waals surface area contributed by atoms with Crippen LogP contribution in [0.5, 0.6) is 0 Å². The van der Waals surface area contributed by atoms with Crippen LogP contribution in [-0.4, -0.2) is 29.7 Å². The fraction of sp³-hybridized carbons (Fsp3) is 0.333. The Bertz CT molecular complexity index is 577. The first-order chi connectivity index (χ1) is 10.3. The number of rotatable bonds is 5. The Balaban J connectivity index is 1.51. The van der Waals surface area contributed by atoms with Crippen molar-refractivity contribution < 1.29 is 4.79 Å². The van der Waals surface area contributed by atoms with E-state index in [0.717, 1.165) is 23.1 Å². The highest BCUT2D eigenvalue weighted by atomic mass is 32.2. The first kappa shape index (κ1) is 14.4. The van der Waals surface area contributed by atoms with Crippen LogP contribution in [0.2, 0.25) is 0 Å². The third kappa shape index (κ3) is 3.98. The van der Waals surface area contributed by atoms with Crippen LogP contribution in [0.4, 0.5) is 11.4 Å². The van der Waals surface area contributed by atoms with Crippen molar-refractivity contribution in [3.63, 3.8) is 0 Å². The molecule has 0 unspecified atom stereocenters. The molecule has 1 aliphatic rings. The van der Waals surface area contributed by atoms with Crippen LogP contribution in [0.3, 0.4) is 0 Å². The van der Waals surface area contributed by atoms with Crippen molar-refractivity contribution in [1.82, 2.24) is 4.98 Å². The van der Waals surface area contributed by atoms with Gasteiger partial charge in [-0.05, 0) is 37.1 Å². The van der Waals surface area contributed by atoms with Gasteiger partial charge in [0.1, 0.15) is 4.34 Å². The lowest BCUT2D eigenvalue weighted by atomic mass is 10.2. The SMILES string of the molecule is O=C(CSc1nccs1)Nc1ccc(N2CCCC2)cc1. The Kier molecular flexibility index (Phi) is 4.77. The minimum Gasteiger partial charge on any atom is -0.372 e. The maximum absolute atomic E-state index is 11.9. The quantitative estimate of drug-likeness (QED) is 0.857. The lowest BCUT2D eigenvalue weighted by molar-refractivity contribution is -0.113. The second kappa shape index (κ2) is 6.95. The molecule has 0 atom stereocenters. The van der Waals surface area contributed by atoms with E-state index in [4.69, 9.17) is 0 Å². The van der Waals surface area contributed by atoms with Gasteiger partial charge in [-0.3, -0.25) is 4.79 Å². The molecule has 1 fully saturated rings. The number of thioether (sulfide) groups is 1. The fourth-order valence-electron chi connectivity index (χ4n) is 2.34.